The molecular formula is C17H24N2O2. The smallest absolute Gasteiger partial charge is 0.305 e. The van der Waals surface area contributed by atoms with Gasteiger partial charge in [-0.1, -0.05) is 18.2 Å². The van der Waals surface area contributed by atoms with Crippen molar-refractivity contribution in [2.24, 2.45) is 7.05 Å². The second kappa shape index (κ2) is 7.27. The molecule has 0 bridgehead atoms. The molecule has 0 aliphatic carbocycles. The highest BCUT2D eigenvalue weighted by molar-refractivity contribution is 5.85. The number of rotatable bonds is 7. The molecule has 0 aliphatic heterocycles. The number of carbonyl (C=O) groups is 1. The van der Waals surface area contributed by atoms with Crippen molar-refractivity contribution >= 4 is 16.9 Å². The summed E-state index contributed by atoms with van der Waals surface area (Å²) in [6.45, 7) is 6.10. The number of fused-ring (bicyclic) bond motifs is 1. The molecule has 2 rings (SSSR count). The van der Waals surface area contributed by atoms with Gasteiger partial charge in [-0.3, -0.25) is 4.79 Å². The second-order valence-corrected chi connectivity index (χ2v) is 5.23. The molecule has 0 spiro atoms. The van der Waals surface area contributed by atoms with Crippen LogP contribution in [0, 0.1) is 6.92 Å². The van der Waals surface area contributed by atoms with Gasteiger partial charge in [-0.15, -0.1) is 0 Å². The summed E-state index contributed by atoms with van der Waals surface area (Å²) in [4.78, 5) is 11.2. The fraction of sp³-hybridized carbons (Fsp3) is 0.471. The lowest BCUT2D eigenvalue weighted by Crippen LogP contribution is -2.18. The van der Waals surface area contributed by atoms with Crippen molar-refractivity contribution in [2.75, 3.05) is 13.2 Å². The number of aromatic nitrogens is 1. The zero-order valence-corrected chi connectivity index (χ0v) is 13.1. The largest absolute Gasteiger partial charge is 0.466 e. The first-order valence-electron chi connectivity index (χ1n) is 7.54. The normalized spacial score (nSPS) is 11.0. The zero-order valence-electron chi connectivity index (χ0n) is 13.1. The Balaban J connectivity index is 1.88. The molecule has 0 amide bonds. The summed E-state index contributed by atoms with van der Waals surface area (Å²) in [7, 11) is 2.10. The molecule has 1 N–H and O–H groups in total. The van der Waals surface area contributed by atoms with E-state index in [4.69, 9.17) is 4.74 Å². The van der Waals surface area contributed by atoms with Crippen molar-refractivity contribution in [2.45, 2.75) is 33.2 Å². The maximum atomic E-state index is 11.2. The van der Waals surface area contributed by atoms with Crippen LogP contribution < -0.4 is 5.32 Å². The number of benzene rings is 1. The van der Waals surface area contributed by atoms with E-state index >= 15 is 0 Å². The average Bonchev–Trinajstić information content (AvgIpc) is 2.72. The highest BCUT2D eigenvalue weighted by Crippen LogP contribution is 2.24. The van der Waals surface area contributed by atoms with E-state index in [9.17, 15) is 4.79 Å². The van der Waals surface area contributed by atoms with Crippen LogP contribution in [0.2, 0.25) is 0 Å². The molecule has 1 aromatic heterocycles. The Morgan fingerprint density at radius 1 is 1.33 bits per heavy atom. The first-order valence-corrected chi connectivity index (χ1v) is 7.54. The zero-order chi connectivity index (χ0) is 15.2. The summed E-state index contributed by atoms with van der Waals surface area (Å²) in [6, 6.07) is 8.45. The van der Waals surface area contributed by atoms with Crippen LogP contribution in [-0.2, 0) is 23.1 Å². The SMILES string of the molecule is CCOC(=O)CCCNCc1c(C)c2ccccc2n1C. The van der Waals surface area contributed by atoms with E-state index in [-0.39, 0.29) is 5.97 Å². The number of esters is 1. The molecule has 0 radical (unpaired) electrons. The van der Waals surface area contributed by atoms with E-state index in [0.717, 1.165) is 19.5 Å². The maximum absolute atomic E-state index is 11.2. The Bertz CT molecular complexity index is 578. The van der Waals surface area contributed by atoms with Gasteiger partial charge in [0.05, 0.1) is 6.61 Å². The summed E-state index contributed by atoms with van der Waals surface area (Å²) in [5, 5.41) is 4.72. The third kappa shape index (κ3) is 3.64. The van der Waals surface area contributed by atoms with Crippen molar-refractivity contribution < 1.29 is 9.53 Å². The summed E-state index contributed by atoms with van der Waals surface area (Å²) < 4.78 is 7.15. The monoisotopic (exact) mass is 288 g/mol. The minimum absolute atomic E-state index is 0.111. The maximum Gasteiger partial charge on any atom is 0.305 e. The lowest BCUT2D eigenvalue weighted by atomic mass is 10.1. The average molecular weight is 288 g/mol. The molecule has 4 heteroatoms. The molecule has 0 atom stereocenters. The Hall–Kier alpha value is -1.81. The van der Waals surface area contributed by atoms with Crippen LogP contribution >= 0.6 is 0 Å². The topological polar surface area (TPSA) is 43.3 Å². The minimum atomic E-state index is -0.111. The summed E-state index contributed by atoms with van der Waals surface area (Å²) in [6.07, 6.45) is 1.29. The van der Waals surface area contributed by atoms with Crippen LogP contribution in [-0.4, -0.2) is 23.7 Å². The lowest BCUT2D eigenvalue weighted by Gasteiger charge is -2.08. The van der Waals surface area contributed by atoms with E-state index < -0.39 is 0 Å². The Morgan fingerprint density at radius 3 is 2.81 bits per heavy atom. The quantitative estimate of drug-likeness (QED) is 0.629. The van der Waals surface area contributed by atoms with Gasteiger partial charge in [0.15, 0.2) is 0 Å². The number of aryl methyl sites for hydroxylation is 2. The molecule has 0 fully saturated rings. The number of nitrogens with zero attached hydrogens (tertiary/aromatic N) is 1. The third-order valence-corrected chi connectivity index (χ3v) is 3.84. The summed E-state index contributed by atoms with van der Waals surface area (Å²) >= 11 is 0. The minimum Gasteiger partial charge on any atom is -0.466 e. The highest BCUT2D eigenvalue weighted by atomic mass is 16.5. The number of para-hydroxylation sites is 1. The molecule has 2 aromatic rings. The van der Waals surface area contributed by atoms with Crippen molar-refractivity contribution in [3.8, 4) is 0 Å². The Morgan fingerprint density at radius 2 is 2.10 bits per heavy atom. The van der Waals surface area contributed by atoms with E-state index in [2.05, 4.69) is 48.1 Å². The summed E-state index contributed by atoms with van der Waals surface area (Å²) in [5.41, 5.74) is 3.89. The van der Waals surface area contributed by atoms with Crippen LogP contribution in [0.4, 0.5) is 0 Å². The van der Waals surface area contributed by atoms with Crippen LogP contribution in [0.1, 0.15) is 31.0 Å². The molecule has 21 heavy (non-hydrogen) atoms. The van der Waals surface area contributed by atoms with Crippen LogP contribution in [0.25, 0.3) is 10.9 Å². The predicted molar refractivity (Wildman–Crippen MR) is 85.2 cm³/mol. The molecule has 0 saturated heterocycles. The molecule has 114 valence electrons. The number of hydrogen-bond donors (Lipinski definition) is 1. The third-order valence-electron chi connectivity index (χ3n) is 3.84. The van der Waals surface area contributed by atoms with Gasteiger partial charge < -0.3 is 14.6 Å². The van der Waals surface area contributed by atoms with Crippen LogP contribution in [0.5, 0.6) is 0 Å². The molecule has 1 aromatic carbocycles. The van der Waals surface area contributed by atoms with E-state index in [1.54, 1.807) is 0 Å². The number of nitrogens with one attached hydrogen (secondary N) is 1. The van der Waals surface area contributed by atoms with Crippen molar-refractivity contribution in [3.05, 3.63) is 35.5 Å². The van der Waals surface area contributed by atoms with E-state index in [1.807, 2.05) is 6.92 Å². The molecular weight excluding hydrogens is 264 g/mol. The van der Waals surface area contributed by atoms with Crippen LogP contribution in [0.3, 0.4) is 0 Å². The van der Waals surface area contributed by atoms with Crippen molar-refractivity contribution in [1.82, 2.24) is 9.88 Å². The van der Waals surface area contributed by atoms with Gasteiger partial charge in [-0.25, -0.2) is 0 Å². The Kier molecular flexibility index (Phi) is 5.39. The van der Waals surface area contributed by atoms with Gasteiger partial charge >= 0.3 is 5.97 Å². The fourth-order valence-corrected chi connectivity index (χ4v) is 2.68. The number of hydrogen-bond acceptors (Lipinski definition) is 3. The van der Waals surface area contributed by atoms with E-state index in [1.165, 1.54) is 22.2 Å². The second-order valence-electron chi connectivity index (χ2n) is 5.23. The molecule has 4 nitrogen and oxygen atoms in total. The number of carbonyl (C=O) groups excluding carboxylic acids is 1. The fourth-order valence-electron chi connectivity index (χ4n) is 2.68. The predicted octanol–water partition coefficient (Wildman–Crippen LogP) is 2.92. The van der Waals surface area contributed by atoms with Gasteiger partial charge in [0.1, 0.15) is 0 Å². The van der Waals surface area contributed by atoms with Crippen molar-refractivity contribution in [3.63, 3.8) is 0 Å². The molecule has 0 unspecified atom stereocenters. The van der Waals surface area contributed by atoms with Gasteiger partial charge in [0, 0.05) is 36.6 Å². The first-order chi connectivity index (χ1) is 10.1. The number of ether oxygens (including phenoxy) is 1. The van der Waals surface area contributed by atoms with Gasteiger partial charge in [0.25, 0.3) is 0 Å². The molecule has 0 saturated carbocycles. The summed E-state index contributed by atoms with van der Waals surface area (Å²) in [5.74, 6) is -0.111. The van der Waals surface area contributed by atoms with Crippen molar-refractivity contribution in [1.29, 1.82) is 0 Å². The first kappa shape index (κ1) is 15.6. The van der Waals surface area contributed by atoms with Gasteiger partial charge in [-0.2, -0.15) is 0 Å². The van der Waals surface area contributed by atoms with Gasteiger partial charge in [0.2, 0.25) is 0 Å². The highest BCUT2D eigenvalue weighted by Gasteiger charge is 2.10. The molecule has 1 heterocycles. The molecule has 0 aliphatic rings. The Labute approximate surface area is 126 Å². The van der Waals surface area contributed by atoms with Gasteiger partial charge in [-0.05, 0) is 38.4 Å². The standard InChI is InChI=1S/C17H24N2O2/c1-4-21-17(20)10-7-11-18-12-16-13(2)14-8-5-6-9-15(14)19(16)3/h5-6,8-9,18H,4,7,10-12H2,1-3H3. The lowest BCUT2D eigenvalue weighted by molar-refractivity contribution is -0.143. The van der Waals surface area contributed by atoms with Crippen LogP contribution in [0.15, 0.2) is 24.3 Å². The van der Waals surface area contributed by atoms with E-state index in [0.29, 0.717) is 13.0 Å².